The Morgan fingerprint density at radius 1 is 1.26 bits per heavy atom. The van der Waals surface area contributed by atoms with Gasteiger partial charge in [-0.25, -0.2) is 4.39 Å². The van der Waals surface area contributed by atoms with Crippen LogP contribution in [-0.4, -0.2) is 12.8 Å². The van der Waals surface area contributed by atoms with Crippen LogP contribution in [0.3, 0.4) is 0 Å². The molecular weight excluding hydrogens is 309 g/mol. The molecule has 0 aliphatic heterocycles. The third kappa shape index (κ3) is 3.28. The number of rotatable bonds is 4. The van der Waals surface area contributed by atoms with Gasteiger partial charge >= 0.3 is 0 Å². The smallest absolute Gasteiger partial charge is 0.196 e. The summed E-state index contributed by atoms with van der Waals surface area (Å²) in [6.45, 7) is 0.669. The SMILES string of the molecule is CNCc1cccc(C(=O)c2cc(Br)ccc2F)c1. The zero-order chi connectivity index (χ0) is 13.8. The Balaban J connectivity index is 2.38. The van der Waals surface area contributed by atoms with Crippen LogP contribution in [0.15, 0.2) is 46.9 Å². The lowest BCUT2D eigenvalue weighted by Crippen LogP contribution is -2.08. The molecule has 0 bridgehead atoms. The highest BCUT2D eigenvalue weighted by molar-refractivity contribution is 9.10. The number of hydrogen-bond acceptors (Lipinski definition) is 2. The van der Waals surface area contributed by atoms with Crippen LogP contribution in [0, 0.1) is 5.82 Å². The van der Waals surface area contributed by atoms with Gasteiger partial charge < -0.3 is 5.32 Å². The first-order chi connectivity index (χ1) is 9.11. The first kappa shape index (κ1) is 13.9. The van der Waals surface area contributed by atoms with Crippen LogP contribution < -0.4 is 5.32 Å². The Hall–Kier alpha value is -1.52. The molecule has 2 nitrogen and oxygen atoms in total. The van der Waals surface area contributed by atoms with E-state index in [9.17, 15) is 9.18 Å². The van der Waals surface area contributed by atoms with Crippen LogP contribution >= 0.6 is 15.9 Å². The van der Waals surface area contributed by atoms with Crippen molar-refractivity contribution < 1.29 is 9.18 Å². The van der Waals surface area contributed by atoms with E-state index in [4.69, 9.17) is 0 Å². The second kappa shape index (κ2) is 6.08. The average molecular weight is 322 g/mol. The van der Waals surface area contributed by atoms with E-state index in [1.165, 1.54) is 12.1 Å². The molecule has 0 aromatic heterocycles. The predicted molar refractivity (Wildman–Crippen MR) is 76.7 cm³/mol. The molecule has 4 heteroatoms. The summed E-state index contributed by atoms with van der Waals surface area (Å²) < 4.78 is 14.4. The maximum Gasteiger partial charge on any atom is 0.196 e. The van der Waals surface area contributed by atoms with Crippen molar-refractivity contribution in [3.63, 3.8) is 0 Å². The van der Waals surface area contributed by atoms with Gasteiger partial charge in [-0.15, -0.1) is 0 Å². The molecule has 19 heavy (non-hydrogen) atoms. The number of halogens is 2. The first-order valence-electron chi connectivity index (χ1n) is 5.85. The van der Waals surface area contributed by atoms with Crippen LogP contribution in [0.4, 0.5) is 4.39 Å². The monoisotopic (exact) mass is 321 g/mol. The van der Waals surface area contributed by atoms with Crippen LogP contribution in [0.2, 0.25) is 0 Å². The standard InChI is InChI=1S/C15H13BrFNO/c1-18-9-10-3-2-4-11(7-10)15(19)13-8-12(16)5-6-14(13)17/h2-8,18H,9H2,1H3. The lowest BCUT2D eigenvalue weighted by molar-refractivity contribution is 0.103. The lowest BCUT2D eigenvalue weighted by Gasteiger charge is -2.06. The molecule has 0 saturated heterocycles. The Labute approximate surface area is 119 Å². The van der Waals surface area contributed by atoms with Crippen molar-refractivity contribution in [1.29, 1.82) is 0 Å². The molecule has 1 N–H and O–H groups in total. The van der Waals surface area contributed by atoms with Gasteiger partial charge in [0, 0.05) is 16.6 Å². The minimum atomic E-state index is -0.507. The van der Waals surface area contributed by atoms with E-state index in [-0.39, 0.29) is 11.3 Å². The summed E-state index contributed by atoms with van der Waals surface area (Å²) >= 11 is 3.25. The number of hydrogen-bond donors (Lipinski definition) is 1. The number of benzene rings is 2. The van der Waals surface area contributed by atoms with Gasteiger partial charge in [-0.3, -0.25) is 4.79 Å². The van der Waals surface area contributed by atoms with Gasteiger partial charge in [0.25, 0.3) is 0 Å². The van der Waals surface area contributed by atoms with Crippen LogP contribution in [0.1, 0.15) is 21.5 Å². The maximum absolute atomic E-state index is 13.7. The number of nitrogens with one attached hydrogen (secondary N) is 1. The number of carbonyl (C=O) groups is 1. The summed E-state index contributed by atoms with van der Waals surface area (Å²) in [5, 5.41) is 3.02. The highest BCUT2D eigenvalue weighted by atomic mass is 79.9. The Kier molecular flexibility index (Phi) is 4.45. The lowest BCUT2D eigenvalue weighted by atomic mass is 10.0. The highest BCUT2D eigenvalue weighted by Crippen LogP contribution is 2.19. The second-order valence-electron chi connectivity index (χ2n) is 4.18. The van der Waals surface area contributed by atoms with Crippen molar-refractivity contribution in [3.05, 3.63) is 69.4 Å². The van der Waals surface area contributed by atoms with Crippen molar-refractivity contribution in [2.24, 2.45) is 0 Å². The molecule has 2 aromatic carbocycles. The van der Waals surface area contributed by atoms with E-state index in [2.05, 4.69) is 21.2 Å². The average Bonchev–Trinajstić information content (AvgIpc) is 2.41. The molecule has 2 rings (SSSR count). The van der Waals surface area contributed by atoms with Crippen molar-refractivity contribution in [2.75, 3.05) is 7.05 Å². The van der Waals surface area contributed by atoms with E-state index in [0.717, 1.165) is 5.56 Å². The van der Waals surface area contributed by atoms with Gasteiger partial charge in [-0.2, -0.15) is 0 Å². The molecular formula is C15H13BrFNO. The molecule has 0 saturated carbocycles. The van der Waals surface area contributed by atoms with Gasteiger partial charge in [-0.05, 0) is 36.9 Å². The van der Waals surface area contributed by atoms with Gasteiger partial charge in [0.1, 0.15) is 5.82 Å². The second-order valence-corrected chi connectivity index (χ2v) is 5.10. The van der Waals surface area contributed by atoms with E-state index in [0.29, 0.717) is 16.6 Å². The van der Waals surface area contributed by atoms with Crippen molar-refractivity contribution in [2.45, 2.75) is 6.54 Å². The summed E-state index contributed by atoms with van der Waals surface area (Å²) in [6.07, 6.45) is 0. The number of carbonyl (C=O) groups excluding carboxylic acids is 1. The molecule has 0 heterocycles. The van der Waals surface area contributed by atoms with E-state index >= 15 is 0 Å². The first-order valence-corrected chi connectivity index (χ1v) is 6.64. The Morgan fingerprint density at radius 2 is 2.05 bits per heavy atom. The highest BCUT2D eigenvalue weighted by Gasteiger charge is 2.14. The van der Waals surface area contributed by atoms with E-state index in [1.54, 1.807) is 24.3 Å². The van der Waals surface area contributed by atoms with Gasteiger partial charge in [0.05, 0.1) is 5.56 Å². The van der Waals surface area contributed by atoms with Gasteiger partial charge in [0.2, 0.25) is 0 Å². The zero-order valence-corrected chi connectivity index (χ0v) is 12.0. The van der Waals surface area contributed by atoms with E-state index in [1.807, 2.05) is 13.1 Å². The molecule has 0 fully saturated rings. The third-order valence-corrected chi connectivity index (χ3v) is 3.24. The zero-order valence-electron chi connectivity index (χ0n) is 10.4. The summed E-state index contributed by atoms with van der Waals surface area (Å²) in [5.74, 6) is -0.816. The summed E-state index contributed by atoms with van der Waals surface area (Å²) in [5.41, 5.74) is 1.56. The quantitative estimate of drug-likeness (QED) is 0.873. The molecule has 0 amide bonds. The van der Waals surface area contributed by atoms with Crippen molar-refractivity contribution in [3.8, 4) is 0 Å². The van der Waals surface area contributed by atoms with Gasteiger partial charge in [0.15, 0.2) is 5.78 Å². The predicted octanol–water partition coefficient (Wildman–Crippen LogP) is 3.54. The Bertz CT molecular complexity index is 613. The fourth-order valence-corrected chi connectivity index (χ4v) is 2.21. The van der Waals surface area contributed by atoms with Crippen molar-refractivity contribution >= 4 is 21.7 Å². The molecule has 0 radical (unpaired) electrons. The fourth-order valence-electron chi connectivity index (χ4n) is 1.85. The molecule has 0 atom stereocenters. The normalized spacial score (nSPS) is 10.5. The van der Waals surface area contributed by atoms with Crippen LogP contribution in [0.25, 0.3) is 0 Å². The molecule has 0 unspecified atom stereocenters. The maximum atomic E-state index is 13.7. The molecule has 98 valence electrons. The van der Waals surface area contributed by atoms with Crippen LogP contribution in [0.5, 0.6) is 0 Å². The summed E-state index contributed by atoms with van der Waals surface area (Å²) in [7, 11) is 1.84. The molecule has 0 spiro atoms. The largest absolute Gasteiger partial charge is 0.316 e. The molecule has 0 aliphatic carbocycles. The summed E-state index contributed by atoms with van der Waals surface area (Å²) in [6, 6.07) is 11.6. The fraction of sp³-hybridized carbons (Fsp3) is 0.133. The topological polar surface area (TPSA) is 29.1 Å². The minimum absolute atomic E-state index is 0.0796. The molecule has 0 aliphatic rings. The summed E-state index contributed by atoms with van der Waals surface area (Å²) in [4.78, 5) is 12.3. The minimum Gasteiger partial charge on any atom is -0.316 e. The number of ketones is 1. The third-order valence-electron chi connectivity index (χ3n) is 2.74. The van der Waals surface area contributed by atoms with Gasteiger partial charge in [-0.1, -0.05) is 34.1 Å². The van der Waals surface area contributed by atoms with Crippen LogP contribution in [-0.2, 0) is 6.54 Å². The molecule has 2 aromatic rings. The van der Waals surface area contributed by atoms with E-state index < -0.39 is 5.82 Å². The van der Waals surface area contributed by atoms with Crippen molar-refractivity contribution in [1.82, 2.24) is 5.32 Å². The Morgan fingerprint density at radius 3 is 2.79 bits per heavy atom.